The Labute approximate surface area is 335 Å². The van der Waals surface area contributed by atoms with Crippen molar-refractivity contribution in [1.29, 1.82) is 0 Å². The molecule has 4 aromatic rings. The molecule has 0 aliphatic carbocycles. The molecule has 0 atom stereocenters. The Balaban J connectivity index is 0.00000135. The van der Waals surface area contributed by atoms with E-state index in [1.807, 2.05) is 24.3 Å². The third kappa shape index (κ3) is 14.4. The van der Waals surface area contributed by atoms with Crippen molar-refractivity contribution in [2.24, 2.45) is 5.41 Å². The van der Waals surface area contributed by atoms with Gasteiger partial charge in [0.15, 0.2) is 5.78 Å². The highest BCUT2D eigenvalue weighted by molar-refractivity contribution is 6.05. The van der Waals surface area contributed by atoms with Crippen molar-refractivity contribution in [3.63, 3.8) is 0 Å². The predicted octanol–water partition coefficient (Wildman–Crippen LogP) is 8.40. The molecule has 0 saturated carbocycles. The molecule has 11 heteroatoms. The number of carbonyl (C=O) groups is 3. The van der Waals surface area contributed by atoms with E-state index < -0.39 is 23.3 Å². The van der Waals surface area contributed by atoms with Gasteiger partial charge in [0.2, 0.25) is 0 Å². The number of hydrogen-bond acceptors (Lipinski definition) is 8. The number of hydrogen-bond donors (Lipinski definition) is 2. The minimum atomic E-state index is -0.528. The maximum absolute atomic E-state index is 14.0. The van der Waals surface area contributed by atoms with Crippen LogP contribution in [0.15, 0.2) is 72.8 Å². The Morgan fingerprint density at radius 3 is 1.96 bits per heavy atom. The van der Waals surface area contributed by atoms with Crippen molar-refractivity contribution < 1.29 is 37.7 Å². The average molecular weight is 786 g/mol. The Bertz CT molecular complexity index is 1960. The van der Waals surface area contributed by atoms with Gasteiger partial charge in [-0.1, -0.05) is 50.2 Å². The molecule has 1 saturated heterocycles. The molecule has 1 aliphatic rings. The summed E-state index contributed by atoms with van der Waals surface area (Å²) in [4.78, 5) is 47.1. The van der Waals surface area contributed by atoms with Crippen LogP contribution in [0.4, 0.5) is 14.5 Å². The summed E-state index contributed by atoms with van der Waals surface area (Å²) in [5, 5.41) is 11.3. The fourth-order valence-corrected chi connectivity index (χ4v) is 6.32. The molecule has 2 N–H and O–H groups in total. The van der Waals surface area contributed by atoms with Crippen LogP contribution < -0.4 is 15.0 Å². The van der Waals surface area contributed by atoms with Gasteiger partial charge in [-0.05, 0) is 113 Å². The third-order valence-electron chi connectivity index (χ3n) is 9.29. The van der Waals surface area contributed by atoms with Gasteiger partial charge in [-0.25, -0.2) is 13.8 Å². The van der Waals surface area contributed by atoms with E-state index in [9.17, 15) is 23.2 Å². The maximum atomic E-state index is 14.0. The fraction of sp³-hybridized carbons (Fsp3) is 0.435. The van der Waals surface area contributed by atoms with Crippen LogP contribution in [-0.2, 0) is 33.6 Å². The molecule has 1 aliphatic heterocycles. The summed E-state index contributed by atoms with van der Waals surface area (Å²) in [7, 11) is 0. The smallest absolute Gasteiger partial charge is 0.310 e. The van der Waals surface area contributed by atoms with E-state index in [0.717, 1.165) is 24.1 Å². The number of anilines is 1. The largest absolute Gasteiger partial charge is 0.493 e. The summed E-state index contributed by atoms with van der Waals surface area (Å²) in [5.41, 5.74) is 4.56. The van der Waals surface area contributed by atoms with Crippen LogP contribution in [-0.4, -0.2) is 65.7 Å². The van der Waals surface area contributed by atoms with Gasteiger partial charge in [-0.15, -0.1) is 0 Å². The number of halogens is 2. The zero-order valence-corrected chi connectivity index (χ0v) is 34.5. The van der Waals surface area contributed by atoms with Crippen LogP contribution in [0, 0.1) is 24.0 Å². The first-order valence-electron chi connectivity index (χ1n) is 19.5. The maximum Gasteiger partial charge on any atom is 0.310 e. The van der Waals surface area contributed by atoms with Gasteiger partial charge in [0, 0.05) is 42.8 Å². The van der Waals surface area contributed by atoms with Crippen molar-refractivity contribution in [2.45, 2.75) is 99.2 Å². The number of nitrogens with zero attached hydrogens (tertiary/aromatic N) is 2. The van der Waals surface area contributed by atoms with E-state index in [-0.39, 0.29) is 48.2 Å². The molecule has 306 valence electrons. The number of pyridine rings is 1. The molecule has 0 unspecified atom stereocenters. The topological polar surface area (TPSA) is 118 Å². The number of piperidine rings is 1. The average Bonchev–Trinajstić information content (AvgIpc) is 3.12. The van der Waals surface area contributed by atoms with Gasteiger partial charge in [0.05, 0.1) is 37.0 Å². The van der Waals surface area contributed by atoms with E-state index in [4.69, 9.17) is 19.6 Å². The Morgan fingerprint density at radius 1 is 0.877 bits per heavy atom. The molecule has 5 rings (SSSR count). The normalized spacial score (nSPS) is 13.7. The van der Waals surface area contributed by atoms with E-state index in [0.29, 0.717) is 59.8 Å². The van der Waals surface area contributed by atoms with Gasteiger partial charge in [-0.3, -0.25) is 14.4 Å². The van der Waals surface area contributed by atoms with E-state index in [1.165, 1.54) is 24.3 Å². The number of nitrogens with one attached hydrogen (secondary N) is 1. The molecule has 0 spiro atoms. The second-order valence-corrected chi connectivity index (χ2v) is 16.6. The number of rotatable bonds is 14. The molecule has 9 nitrogen and oxygen atoms in total. The van der Waals surface area contributed by atoms with Crippen LogP contribution in [0.3, 0.4) is 0 Å². The molecule has 1 amide bonds. The minimum Gasteiger partial charge on any atom is -0.493 e. The van der Waals surface area contributed by atoms with Crippen LogP contribution in [0.1, 0.15) is 94.2 Å². The number of aryl methyl sites for hydroxylation is 1. The lowest BCUT2D eigenvalue weighted by Crippen LogP contribution is -2.39. The highest BCUT2D eigenvalue weighted by Crippen LogP contribution is 2.42. The first-order valence-corrected chi connectivity index (χ1v) is 19.5. The van der Waals surface area contributed by atoms with E-state index in [2.05, 4.69) is 24.1 Å². The first kappa shape index (κ1) is 44.6. The number of aromatic nitrogens is 1. The monoisotopic (exact) mass is 785 g/mol. The van der Waals surface area contributed by atoms with Crippen LogP contribution in [0.5, 0.6) is 5.75 Å². The van der Waals surface area contributed by atoms with Crippen LogP contribution in [0.2, 0.25) is 0 Å². The SMILES string of the molecule is CC(C)(C)O.Cc1nc(C(=O)NCC(=O)Cc2ccc(F)cc2)c(-c2ccc(OCCc3ccc(F)cc3)cc2)c(N2CCC(C)(C)CC2)c1CC(=O)OC(C)C. The highest BCUT2D eigenvalue weighted by Gasteiger charge is 2.32. The van der Waals surface area contributed by atoms with Crippen molar-refractivity contribution in [3.05, 3.63) is 113 Å². The molecule has 2 heterocycles. The lowest BCUT2D eigenvalue weighted by atomic mass is 9.82. The zero-order chi connectivity index (χ0) is 41.9. The number of aliphatic hydroxyl groups is 1. The Hall–Kier alpha value is -5.16. The first-order chi connectivity index (χ1) is 26.8. The molecule has 1 fully saturated rings. The van der Waals surface area contributed by atoms with Gasteiger partial charge < -0.3 is 24.8 Å². The second kappa shape index (κ2) is 19.8. The van der Waals surface area contributed by atoms with Crippen LogP contribution >= 0.6 is 0 Å². The molecule has 0 bridgehead atoms. The van der Waals surface area contributed by atoms with Gasteiger partial charge in [-0.2, -0.15) is 0 Å². The zero-order valence-electron chi connectivity index (χ0n) is 34.5. The summed E-state index contributed by atoms with van der Waals surface area (Å²) >= 11 is 0. The van der Waals surface area contributed by atoms with Crippen molar-refractivity contribution >= 4 is 23.3 Å². The summed E-state index contributed by atoms with van der Waals surface area (Å²) in [6.45, 7) is 16.6. The Morgan fingerprint density at radius 2 is 1.42 bits per heavy atom. The molecular formula is C46H57F2N3O6. The van der Waals surface area contributed by atoms with Crippen molar-refractivity contribution in [1.82, 2.24) is 10.3 Å². The quantitative estimate of drug-likeness (QED) is 0.123. The molecular weight excluding hydrogens is 729 g/mol. The van der Waals surface area contributed by atoms with Gasteiger partial charge in [0.25, 0.3) is 5.91 Å². The van der Waals surface area contributed by atoms with Gasteiger partial charge >= 0.3 is 5.97 Å². The highest BCUT2D eigenvalue weighted by atomic mass is 19.1. The fourth-order valence-electron chi connectivity index (χ4n) is 6.32. The molecule has 0 radical (unpaired) electrons. The van der Waals surface area contributed by atoms with E-state index in [1.54, 1.807) is 65.8 Å². The predicted molar refractivity (Wildman–Crippen MR) is 220 cm³/mol. The number of carbonyl (C=O) groups excluding carboxylic acids is 3. The summed E-state index contributed by atoms with van der Waals surface area (Å²) in [6, 6.07) is 19.4. The number of Topliss-reactive ketones (excluding diaryl/α,β-unsaturated/α-hetero) is 1. The van der Waals surface area contributed by atoms with Crippen molar-refractivity contribution in [3.8, 4) is 16.9 Å². The summed E-state index contributed by atoms with van der Waals surface area (Å²) in [6.07, 6.45) is 2.12. The minimum absolute atomic E-state index is 0.0259. The van der Waals surface area contributed by atoms with Crippen molar-refractivity contribution in [2.75, 3.05) is 31.1 Å². The number of benzene rings is 3. The molecule has 3 aromatic carbocycles. The Kier molecular flexibility index (Phi) is 15.5. The van der Waals surface area contributed by atoms with Crippen LogP contribution in [0.25, 0.3) is 11.1 Å². The molecule has 1 aromatic heterocycles. The van der Waals surface area contributed by atoms with E-state index >= 15 is 0 Å². The number of ether oxygens (including phenoxy) is 2. The lowest BCUT2D eigenvalue weighted by Gasteiger charge is -2.40. The number of amides is 1. The number of esters is 1. The number of ketones is 1. The lowest BCUT2D eigenvalue weighted by molar-refractivity contribution is -0.146. The standard InChI is InChI=1S/C42H47F2N3O5.C4H10O/c1-27(2)52-37(49)25-36-28(3)46-39(41(50)45-26-34(48)24-30-8-14-33(44)15-9-30)38(40(36)47-21-19-42(4,5)20-22-47)31-10-16-35(17-11-31)51-23-18-29-6-12-32(43)13-7-29;1-4(2,3)5/h6-17,27H,18-26H2,1-5H3,(H,45,50);5H,1-3H3. The third-order valence-corrected chi connectivity index (χ3v) is 9.29. The summed E-state index contributed by atoms with van der Waals surface area (Å²) in [5.74, 6) is -1.23. The summed E-state index contributed by atoms with van der Waals surface area (Å²) < 4.78 is 38.3. The molecule has 57 heavy (non-hydrogen) atoms. The second-order valence-electron chi connectivity index (χ2n) is 16.6. The van der Waals surface area contributed by atoms with Gasteiger partial charge in [0.1, 0.15) is 23.1 Å².